The van der Waals surface area contributed by atoms with E-state index in [1.165, 1.54) is 22.9 Å². The minimum Gasteiger partial charge on any atom is -0.316 e. The Labute approximate surface area is 208 Å². The summed E-state index contributed by atoms with van der Waals surface area (Å²) in [4.78, 5) is 0. The molecule has 35 heavy (non-hydrogen) atoms. The van der Waals surface area contributed by atoms with Gasteiger partial charge in [-0.1, -0.05) is 29.8 Å². The summed E-state index contributed by atoms with van der Waals surface area (Å²) < 4.78 is 56.0. The van der Waals surface area contributed by atoms with E-state index < -0.39 is 17.6 Å². The van der Waals surface area contributed by atoms with Crippen LogP contribution in [0.5, 0.6) is 0 Å². The highest BCUT2D eigenvalue weighted by Gasteiger charge is 2.30. The Morgan fingerprint density at radius 2 is 1.74 bits per heavy atom. The minimum atomic E-state index is -4.41. The summed E-state index contributed by atoms with van der Waals surface area (Å²) in [5, 5.41) is 15.0. The van der Waals surface area contributed by atoms with Gasteiger partial charge in [0.15, 0.2) is 16.7 Å². The first-order chi connectivity index (χ1) is 16.6. The second-order valence-electron chi connectivity index (χ2n) is 7.70. The number of benzene rings is 2. The first-order valence-corrected chi connectivity index (χ1v) is 11.1. The van der Waals surface area contributed by atoms with Crippen molar-refractivity contribution in [3.8, 4) is 0 Å². The molecule has 0 aliphatic heterocycles. The van der Waals surface area contributed by atoms with Gasteiger partial charge in [0.1, 0.15) is 5.82 Å². The molecule has 0 bridgehead atoms. The quantitative estimate of drug-likeness (QED) is 0.236. The molecule has 182 valence electrons. The predicted octanol–water partition coefficient (Wildman–Crippen LogP) is 6.10. The van der Waals surface area contributed by atoms with E-state index in [4.69, 9.17) is 23.8 Å². The fraction of sp³-hybridized carbons (Fsp3) is 0.174. The summed E-state index contributed by atoms with van der Waals surface area (Å²) in [5.74, 6) is 0.426. The smallest absolute Gasteiger partial charge is 0.316 e. The van der Waals surface area contributed by atoms with Crippen molar-refractivity contribution in [1.29, 1.82) is 0 Å². The van der Waals surface area contributed by atoms with Gasteiger partial charge in [0.05, 0.1) is 18.7 Å². The van der Waals surface area contributed by atoms with Crippen LogP contribution in [0.4, 0.5) is 29.2 Å². The maximum absolute atomic E-state index is 14.0. The average molecular weight is 523 g/mol. The number of aryl methyl sites for hydroxylation is 1. The van der Waals surface area contributed by atoms with Crippen molar-refractivity contribution in [1.82, 2.24) is 19.6 Å². The molecular formula is C23H19ClF4N6S. The first kappa shape index (κ1) is 24.7. The van der Waals surface area contributed by atoms with Crippen LogP contribution in [0.25, 0.3) is 0 Å². The molecule has 0 fully saturated rings. The molecule has 0 atom stereocenters. The number of halogens is 5. The summed E-state index contributed by atoms with van der Waals surface area (Å²) >= 11 is 11.4. The van der Waals surface area contributed by atoms with Gasteiger partial charge in [0.25, 0.3) is 0 Å². The summed E-state index contributed by atoms with van der Waals surface area (Å²) in [6.07, 6.45) is -2.75. The van der Waals surface area contributed by atoms with Crippen LogP contribution in [-0.2, 0) is 19.3 Å². The van der Waals surface area contributed by atoms with Crippen LogP contribution >= 0.6 is 23.8 Å². The summed E-state index contributed by atoms with van der Waals surface area (Å²) in [6, 6.07) is 13.0. The third kappa shape index (κ3) is 6.17. The average Bonchev–Trinajstić information content (AvgIpc) is 3.36. The summed E-state index contributed by atoms with van der Waals surface area (Å²) in [6.45, 7) is 2.10. The van der Waals surface area contributed by atoms with Gasteiger partial charge in [-0.3, -0.25) is 9.36 Å². The lowest BCUT2D eigenvalue weighted by molar-refractivity contribution is -0.137. The molecule has 2 N–H and O–H groups in total. The molecule has 2 aromatic heterocycles. The number of anilines is 2. The van der Waals surface area contributed by atoms with Gasteiger partial charge in [0, 0.05) is 34.6 Å². The minimum absolute atomic E-state index is 0.145. The molecule has 0 saturated heterocycles. The van der Waals surface area contributed by atoms with E-state index >= 15 is 0 Å². The number of nitrogens with zero attached hydrogens (tertiary/aromatic N) is 4. The molecule has 0 aliphatic rings. The van der Waals surface area contributed by atoms with Crippen molar-refractivity contribution in [3.63, 3.8) is 0 Å². The number of hydrogen-bond donors (Lipinski definition) is 2. The number of nitrogens with one attached hydrogen (secondary N) is 2. The Morgan fingerprint density at radius 1 is 1.00 bits per heavy atom. The third-order valence-electron chi connectivity index (χ3n) is 5.07. The number of aromatic nitrogens is 4. The molecular weight excluding hydrogens is 504 g/mol. The monoisotopic (exact) mass is 522 g/mol. The van der Waals surface area contributed by atoms with E-state index in [2.05, 4.69) is 20.8 Å². The molecule has 6 nitrogen and oxygen atoms in total. The number of hydrogen-bond acceptors (Lipinski definition) is 3. The molecule has 0 amide bonds. The Kier molecular flexibility index (Phi) is 7.08. The van der Waals surface area contributed by atoms with Crippen LogP contribution in [0, 0.1) is 12.7 Å². The fourth-order valence-electron chi connectivity index (χ4n) is 3.38. The van der Waals surface area contributed by atoms with E-state index in [0.717, 1.165) is 17.8 Å². The van der Waals surface area contributed by atoms with Crippen molar-refractivity contribution in [2.24, 2.45) is 0 Å². The van der Waals surface area contributed by atoms with Crippen LogP contribution in [-0.4, -0.2) is 24.7 Å². The Morgan fingerprint density at radius 3 is 2.49 bits per heavy atom. The Hall–Kier alpha value is -3.44. The first-order valence-electron chi connectivity index (χ1n) is 10.3. The van der Waals surface area contributed by atoms with Gasteiger partial charge in [0.2, 0.25) is 0 Å². The predicted molar refractivity (Wildman–Crippen MR) is 130 cm³/mol. The molecule has 0 aliphatic carbocycles. The van der Waals surface area contributed by atoms with E-state index in [1.807, 2.05) is 0 Å². The Bertz CT molecular complexity index is 1340. The van der Waals surface area contributed by atoms with Crippen LogP contribution < -0.4 is 10.6 Å². The fourth-order valence-corrected chi connectivity index (χ4v) is 3.81. The molecule has 12 heteroatoms. The molecule has 2 aromatic carbocycles. The van der Waals surface area contributed by atoms with Crippen LogP contribution in [0.1, 0.15) is 22.4 Å². The van der Waals surface area contributed by atoms with Crippen molar-refractivity contribution in [3.05, 3.63) is 94.0 Å². The normalized spacial score (nSPS) is 11.5. The van der Waals surface area contributed by atoms with Crippen molar-refractivity contribution >= 4 is 40.6 Å². The van der Waals surface area contributed by atoms with Gasteiger partial charge in [-0.25, -0.2) is 4.39 Å². The molecule has 0 spiro atoms. The van der Waals surface area contributed by atoms with Gasteiger partial charge < -0.3 is 10.6 Å². The lowest BCUT2D eigenvalue weighted by Gasteiger charge is -2.10. The highest BCUT2D eigenvalue weighted by atomic mass is 35.5. The van der Waals surface area contributed by atoms with E-state index in [1.54, 1.807) is 42.1 Å². The van der Waals surface area contributed by atoms with Crippen molar-refractivity contribution < 1.29 is 17.6 Å². The highest BCUT2D eigenvalue weighted by molar-refractivity contribution is 7.80. The van der Waals surface area contributed by atoms with Gasteiger partial charge >= 0.3 is 6.18 Å². The van der Waals surface area contributed by atoms with E-state index in [0.29, 0.717) is 27.8 Å². The molecule has 0 saturated carbocycles. The second-order valence-corrected chi connectivity index (χ2v) is 8.52. The van der Waals surface area contributed by atoms with E-state index in [9.17, 15) is 17.6 Å². The zero-order chi connectivity index (χ0) is 25.2. The van der Waals surface area contributed by atoms with Crippen LogP contribution in [0.3, 0.4) is 0 Å². The maximum atomic E-state index is 14.0. The molecule has 4 rings (SSSR count). The molecule has 4 aromatic rings. The zero-order valence-electron chi connectivity index (χ0n) is 18.3. The van der Waals surface area contributed by atoms with Crippen LogP contribution in [0.2, 0.25) is 5.02 Å². The highest BCUT2D eigenvalue weighted by Crippen LogP contribution is 2.29. The van der Waals surface area contributed by atoms with Crippen LogP contribution in [0.15, 0.2) is 60.8 Å². The third-order valence-corrected chi connectivity index (χ3v) is 5.63. The SMILES string of the molecule is Cc1cc(NC(=S)Nc2ccn(Cc3c(F)cccc3Cl)n2)nn1Cc1cccc(C(F)(F)F)c1. The van der Waals surface area contributed by atoms with Crippen molar-refractivity contribution in [2.75, 3.05) is 10.6 Å². The second kappa shape index (κ2) is 10.0. The lowest BCUT2D eigenvalue weighted by atomic mass is 10.1. The molecule has 2 heterocycles. The van der Waals surface area contributed by atoms with Gasteiger partial charge in [-0.2, -0.15) is 23.4 Å². The van der Waals surface area contributed by atoms with E-state index in [-0.39, 0.29) is 18.2 Å². The lowest BCUT2D eigenvalue weighted by Crippen LogP contribution is -2.20. The molecule has 0 radical (unpaired) electrons. The maximum Gasteiger partial charge on any atom is 0.416 e. The standard InChI is InChI=1S/C23H19ClF4N6S/c1-14-10-21(32-34(14)12-15-4-2-5-16(11-15)23(26,27)28)30-22(35)29-20-8-9-33(31-20)13-17-18(24)6-3-7-19(17)25/h2-11H,12-13H2,1H3,(H2,29,30,31,32,35). The number of thiocarbonyl (C=S) groups is 1. The van der Waals surface area contributed by atoms with Gasteiger partial charge in [-0.15, -0.1) is 0 Å². The Balaban J connectivity index is 1.38. The topological polar surface area (TPSA) is 59.7 Å². The molecule has 0 unspecified atom stereocenters. The number of alkyl halides is 3. The van der Waals surface area contributed by atoms with Crippen molar-refractivity contribution in [2.45, 2.75) is 26.2 Å². The van der Waals surface area contributed by atoms with Gasteiger partial charge in [-0.05, 0) is 49.0 Å². The summed E-state index contributed by atoms with van der Waals surface area (Å²) in [5.41, 5.74) is 0.823. The largest absolute Gasteiger partial charge is 0.416 e. The zero-order valence-corrected chi connectivity index (χ0v) is 19.8. The number of rotatable bonds is 6. The summed E-state index contributed by atoms with van der Waals surface area (Å²) in [7, 11) is 0.